The highest BCUT2D eigenvalue weighted by atomic mass is 16.7. The zero-order chi connectivity index (χ0) is 25.1. The Labute approximate surface area is 209 Å². The molecule has 5 rings (SSSR count). The van der Waals surface area contributed by atoms with Crippen molar-refractivity contribution in [2.75, 3.05) is 33.7 Å². The summed E-state index contributed by atoms with van der Waals surface area (Å²) in [4.78, 5) is 13.4. The molecule has 1 fully saturated rings. The normalized spacial score (nSPS) is 19.0. The lowest BCUT2D eigenvalue weighted by Gasteiger charge is -2.29. The number of rotatable bonds is 8. The molecule has 10 nitrogen and oxygen atoms in total. The lowest BCUT2D eigenvalue weighted by atomic mass is 9.95. The fraction of sp³-hybridized carbons (Fsp3) is 0.423. The number of carbonyl (C=O) groups excluding carboxylic acids is 1. The summed E-state index contributed by atoms with van der Waals surface area (Å²) in [6.07, 6.45) is 2.87. The molecule has 190 valence electrons. The summed E-state index contributed by atoms with van der Waals surface area (Å²) in [7, 11) is 3.37. The van der Waals surface area contributed by atoms with Crippen LogP contribution in [0.2, 0.25) is 0 Å². The average molecular weight is 495 g/mol. The summed E-state index contributed by atoms with van der Waals surface area (Å²) >= 11 is 0. The molecule has 10 heteroatoms. The van der Waals surface area contributed by atoms with Crippen LogP contribution in [0.1, 0.15) is 33.5 Å². The summed E-state index contributed by atoms with van der Waals surface area (Å²) in [5, 5.41) is 21.4. The number of nitrogens with one attached hydrogen (secondary N) is 1. The average Bonchev–Trinajstić information content (AvgIpc) is 3.55. The SMILES string of the molecule is COCOc1c(C(=O)N[C@H]2CCOC[C@@H]2O)cc(Cc2ccc(-c3cn(C)nn3)cc2)c2c1CCO2. The van der Waals surface area contributed by atoms with Crippen molar-refractivity contribution in [2.24, 2.45) is 7.05 Å². The summed E-state index contributed by atoms with van der Waals surface area (Å²) in [5.41, 5.74) is 5.02. The van der Waals surface area contributed by atoms with Crippen LogP contribution in [0.5, 0.6) is 11.5 Å². The van der Waals surface area contributed by atoms with E-state index in [1.54, 1.807) is 4.68 Å². The van der Waals surface area contributed by atoms with Crippen molar-refractivity contribution < 1.29 is 28.8 Å². The fourth-order valence-corrected chi connectivity index (χ4v) is 4.64. The number of carbonyl (C=O) groups is 1. The van der Waals surface area contributed by atoms with E-state index in [1.807, 2.05) is 43.6 Å². The number of hydrogen-bond donors (Lipinski definition) is 2. The van der Waals surface area contributed by atoms with Crippen molar-refractivity contribution in [3.05, 3.63) is 58.8 Å². The second kappa shape index (κ2) is 10.7. The van der Waals surface area contributed by atoms with Gasteiger partial charge < -0.3 is 29.4 Å². The third-order valence-electron chi connectivity index (χ3n) is 6.46. The van der Waals surface area contributed by atoms with Gasteiger partial charge >= 0.3 is 0 Å². The van der Waals surface area contributed by atoms with Gasteiger partial charge in [0.25, 0.3) is 5.91 Å². The van der Waals surface area contributed by atoms with Crippen molar-refractivity contribution in [3.63, 3.8) is 0 Å². The highest BCUT2D eigenvalue weighted by molar-refractivity contribution is 5.98. The number of aliphatic hydroxyl groups is 1. The van der Waals surface area contributed by atoms with Crippen LogP contribution in [0.4, 0.5) is 0 Å². The maximum absolute atomic E-state index is 13.4. The van der Waals surface area contributed by atoms with Crippen molar-refractivity contribution >= 4 is 5.91 Å². The maximum atomic E-state index is 13.4. The molecular weight excluding hydrogens is 464 g/mol. The second-order valence-corrected chi connectivity index (χ2v) is 9.03. The number of aliphatic hydroxyl groups excluding tert-OH is 1. The van der Waals surface area contributed by atoms with Gasteiger partial charge in [0, 0.05) is 44.7 Å². The van der Waals surface area contributed by atoms with Crippen LogP contribution in [-0.2, 0) is 29.4 Å². The van der Waals surface area contributed by atoms with Crippen LogP contribution in [0.3, 0.4) is 0 Å². The van der Waals surface area contributed by atoms with Gasteiger partial charge in [-0.1, -0.05) is 29.5 Å². The number of methoxy groups -OCH3 is 1. The Hall–Kier alpha value is -3.47. The van der Waals surface area contributed by atoms with Gasteiger partial charge in [-0.15, -0.1) is 5.10 Å². The first-order chi connectivity index (χ1) is 17.5. The molecular formula is C26H30N4O6. The first kappa shape index (κ1) is 24.2. The summed E-state index contributed by atoms with van der Waals surface area (Å²) in [5.74, 6) is 0.910. The maximum Gasteiger partial charge on any atom is 0.255 e. The Morgan fingerprint density at radius 1 is 1.28 bits per heavy atom. The predicted octanol–water partition coefficient (Wildman–Crippen LogP) is 1.87. The van der Waals surface area contributed by atoms with E-state index < -0.39 is 6.10 Å². The minimum Gasteiger partial charge on any atom is -0.493 e. The second-order valence-electron chi connectivity index (χ2n) is 9.03. The number of benzene rings is 2. The molecule has 2 aliphatic rings. The third kappa shape index (κ3) is 5.06. The Kier molecular flexibility index (Phi) is 7.17. The Bertz CT molecular complexity index is 1230. The van der Waals surface area contributed by atoms with Gasteiger partial charge in [-0.3, -0.25) is 9.48 Å². The van der Waals surface area contributed by atoms with Gasteiger partial charge in [0.2, 0.25) is 0 Å². The first-order valence-corrected chi connectivity index (χ1v) is 12.0. The highest BCUT2D eigenvalue weighted by Crippen LogP contribution is 2.41. The van der Waals surface area contributed by atoms with E-state index in [9.17, 15) is 9.90 Å². The van der Waals surface area contributed by atoms with Crippen LogP contribution in [0, 0.1) is 0 Å². The molecule has 3 heterocycles. The van der Waals surface area contributed by atoms with E-state index in [2.05, 4.69) is 15.6 Å². The smallest absolute Gasteiger partial charge is 0.255 e. The van der Waals surface area contributed by atoms with E-state index in [-0.39, 0.29) is 25.3 Å². The number of aryl methyl sites for hydroxylation is 1. The molecule has 3 aromatic rings. The van der Waals surface area contributed by atoms with Gasteiger partial charge in [-0.25, -0.2) is 0 Å². The van der Waals surface area contributed by atoms with Gasteiger partial charge in [0.1, 0.15) is 17.2 Å². The predicted molar refractivity (Wildman–Crippen MR) is 130 cm³/mol. The summed E-state index contributed by atoms with van der Waals surface area (Å²) in [6.45, 7) is 1.21. The third-order valence-corrected chi connectivity index (χ3v) is 6.46. The molecule has 1 aromatic heterocycles. The lowest BCUT2D eigenvalue weighted by Crippen LogP contribution is -2.48. The summed E-state index contributed by atoms with van der Waals surface area (Å²) in [6, 6.07) is 9.54. The van der Waals surface area contributed by atoms with Crippen LogP contribution in [-0.4, -0.2) is 71.9 Å². The topological polar surface area (TPSA) is 117 Å². The Morgan fingerprint density at radius 3 is 2.83 bits per heavy atom. The van der Waals surface area contributed by atoms with Crippen molar-refractivity contribution in [2.45, 2.75) is 31.4 Å². The molecule has 1 saturated heterocycles. The number of aromatic nitrogens is 3. The molecule has 36 heavy (non-hydrogen) atoms. The number of nitrogens with zero attached hydrogens (tertiary/aromatic N) is 3. The molecule has 0 radical (unpaired) electrons. The Balaban J connectivity index is 1.45. The molecule has 0 saturated carbocycles. The fourth-order valence-electron chi connectivity index (χ4n) is 4.64. The highest BCUT2D eigenvalue weighted by Gasteiger charge is 2.31. The zero-order valence-corrected chi connectivity index (χ0v) is 20.4. The number of amides is 1. The van der Waals surface area contributed by atoms with E-state index in [1.165, 1.54) is 7.11 Å². The summed E-state index contributed by atoms with van der Waals surface area (Å²) < 4.78 is 23.9. The van der Waals surface area contributed by atoms with Crippen molar-refractivity contribution in [1.29, 1.82) is 0 Å². The van der Waals surface area contributed by atoms with Crippen LogP contribution < -0.4 is 14.8 Å². The van der Waals surface area contributed by atoms with E-state index in [0.29, 0.717) is 43.8 Å². The largest absolute Gasteiger partial charge is 0.493 e. The molecule has 0 bridgehead atoms. The van der Waals surface area contributed by atoms with Gasteiger partial charge in [-0.2, -0.15) is 0 Å². The molecule has 0 aliphatic carbocycles. The quantitative estimate of drug-likeness (QED) is 0.456. The van der Waals surface area contributed by atoms with Crippen molar-refractivity contribution in [1.82, 2.24) is 20.3 Å². The number of hydrogen-bond acceptors (Lipinski definition) is 8. The van der Waals surface area contributed by atoms with E-state index >= 15 is 0 Å². The monoisotopic (exact) mass is 494 g/mol. The van der Waals surface area contributed by atoms with Crippen molar-refractivity contribution in [3.8, 4) is 22.8 Å². The molecule has 2 atom stereocenters. The molecule has 2 N–H and O–H groups in total. The van der Waals surface area contributed by atoms with Crippen LogP contribution in [0.15, 0.2) is 36.5 Å². The number of fused-ring (bicyclic) bond motifs is 1. The van der Waals surface area contributed by atoms with Gasteiger partial charge in [-0.05, 0) is 23.6 Å². The van der Waals surface area contributed by atoms with E-state index in [4.69, 9.17) is 18.9 Å². The lowest BCUT2D eigenvalue weighted by molar-refractivity contribution is -0.0261. The molecule has 0 unspecified atom stereocenters. The molecule has 2 aromatic carbocycles. The van der Waals surface area contributed by atoms with Crippen LogP contribution >= 0.6 is 0 Å². The molecule has 1 amide bonds. The molecule has 0 spiro atoms. The number of ether oxygens (including phenoxy) is 4. The molecule has 2 aliphatic heterocycles. The minimum atomic E-state index is -0.754. The Morgan fingerprint density at radius 2 is 2.11 bits per heavy atom. The van der Waals surface area contributed by atoms with Gasteiger partial charge in [0.05, 0.1) is 37.1 Å². The zero-order valence-electron chi connectivity index (χ0n) is 20.4. The standard InChI is InChI=1S/C26H30N4O6/c1-30-13-22(28-29-30)17-5-3-16(4-6-17)11-18-12-20(26(32)27-21-8-9-34-14-23(21)31)25(36-15-33-2)19-7-10-35-24(18)19/h3-6,12-13,21,23,31H,7-11,14-15H2,1-2H3,(H,27,32)/t21-,23-/m0/s1. The van der Waals surface area contributed by atoms with E-state index in [0.717, 1.165) is 33.7 Å². The van der Waals surface area contributed by atoms with Crippen LogP contribution in [0.25, 0.3) is 11.3 Å². The first-order valence-electron chi connectivity index (χ1n) is 12.0. The minimum absolute atomic E-state index is 0.00972. The van der Waals surface area contributed by atoms with Gasteiger partial charge in [0.15, 0.2) is 6.79 Å².